The first-order chi connectivity index (χ1) is 9.13. The summed E-state index contributed by atoms with van der Waals surface area (Å²) in [5, 5.41) is 0. The zero-order chi connectivity index (χ0) is 13.4. The fraction of sp³-hybridized carbons (Fsp3) is 0.765. The highest BCUT2D eigenvalue weighted by molar-refractivity contribution is 5.24. The van der Waals surface area contributed by atoms with E-state index in [-0.39, 0.29) is 0 Å². The van der Waals surface area contributed by atoms with Gasteiger partial charge in [-0.2, -0.15) is 0 Å². The molecule has 1 aromatic heterocycles. The van der Waals surface area contributed by atoms with Gasteiger partial charge in [0.2, 0.25) is 0 Å². The van der Waals surface area contributed by atoms with Crippen molar-refractivity contribution in [1.82, 2.24) is 9.97 Å². The first-order valence-corrected chi connectivity index (χ1v) is 8.01. The molecule has 0 aromatic carbocycles. The van der Waals surface area contributed by atoms with E-state index in [2.05, 4.69) is 20.8 Å². The van der Waals surface area contributed by atoms with Crippen molar-refractivity contribution in [3.8, 4) is 0 Å². The molecule has 0 spiro atoms. The van der Waals surface area contributed by atoms with Crippen LogP contribution in [-0.4, -0.2) is 9.97 Å². The van der Waals surface area contributed by atoms with Gasteiger partial charge in [-0.3, -0.25) is 9.97 Å². The first-order valence-electron chi connectivity index (χ1n) is 8.01. The van der Waals surface area contributed by atoms with E-state index in [0.29, 0.717) is 0 Å². The van der Waals surface area contributed by atoms with Gasteiger partial charge in [-0.25, -0.2) is 0 Å². The van der Waals surface area contributed by atoms with Crippen molar-refractivity contribution < 1.29 is 0 Å². The molecule has 0 N–H and O–H groups in total. The van der Waals surface area contributed by atoms with Crippen LogP contribution in [0.4, 0.5) is 0 Å². The van der Waals surface area contributed by atoms with E-state index in [9.17, 15) is 0 Å². The highest BCUT2D eigenvalue weighted by atomic mass is 14.9. The topological polar surface area (TPSA) is 25.8 Å². The van der Waals surface area contributed by atoms with Gasteiger partial charge < -0.3 is 0 Å². The summed E-state index contributed by atoms with van der Waals surface area (Å²) < 4.78 is 0. The lowest BCUT2D eigenvalue weighted by atomic mass is 9.89. The van der Waals surface area contributed by atoms with Crippen LogP contribution in [0.1, 0.15) is 62.8 Å². The Kier molecular flexibility index (Phi) is 3.60. The molecule has 3 rings (SSSR count). The lowest BCUT2D eigenvalue weighted by molar-refractivity contribution is 0.344. The highest BCUT2D eigenvalue weighted by Crippen LogP contribution is 2.30. The lowest BCUT2D eigenvalue weighted by Crippen LogP contribution is -2.17. The van der Waals surface area contributed by atoms with E-state index in [1.54, 1.807) is 0 Å². The Morgan fingerprint density at radius 2 is 1.37 bits per heavy atom. The number of hydrogen-bond donors (Lipinski definition) is 0. The van der Waals surface area contributed by atoms with E-state index in [1.165, 1.54) is 42.0 Å². The summed E-state index contributed by atoms with van der Waals surface area (Å²) in [4.78, 5) is 9.98. The zero-order valence-corrected chi connectivity index (χ0v) is 12.6. The minimum absolute atomic E-state index is 0.786. The second-order valence-electron chi connectivity index (χ2n) is 6.94. The van der Waals surface area contributed by atoms with E-state index in [4.69, 9.17) is 9.97 Å². The van der Waals surface area contributed by atoms with Crippen LogP contribution in [0.2, 0.25) is 0 Å². The molecule has 2 nitrogen and oxygen atoms in total. The molecule has 0 aliphatic heterocycles. The van der Waals surface area contributed by atoms with Gasteiger partial charge in [0, 0.05) is 0 Å². The van der Waals surface area contributed by atoms with Gasteiger partial charge in [-0.1, -0.05) is 20.8 Å². The van der Waals surface area contributed by atoms with E-state index >= 15 is 0 Å². The molecule has 0 saturated heterocycles. The molecule has 0 saturated carbocycles. The molecule has 1 aromatic rings. The summed E-state index contributed by atoms with van der Waals surface area (Å²) in [6, 6.07) is 0. The number of aryl methyl sites for hydroxylation is 3. The maximum Gasteiger partial charge on any atom is 0.0624 e. The summed E-state index contributed by atoms with van der Waals surface area (Å²) in [6.45, 7) is 7.05. The zero-order valence-electron chi connectivity index (χ0n) is 12.6. The molecule has 2 heteroatoms. The number of rotatable bonds is 1. The van der Waals surface area contributed by atoms with E-state index in [1.807, 2.05) is 0 Å². The van der Waals surface area contributed by atoms with Crippen molar-refractivity contribution in [3.63, 3.8) is 0 Å². The average molecular weight is 258 g/mol. The monoisotopic (exact) mass is 258 g/mol. The molecule has 19 heavy (non-hydrogen) atoms. The number of nitrogens with zero attached hydrogens (tertiary/aromatic N) is 2. The number of aromatic nitrogens is 2. The van der Waals surface area contributed by atoms with Gasteiger partial charge in [0.05, 0.1) is 22.8 Å². The standard InChI is InChI=1S/C17H26N2/c1-11(2)13-5-8-14-15(9-6-13)19-17-10-12(3)4-7-16(17)18-14/h11-13H,4-10H2,1-3H3. The molecule has 0 amide bonds. The van der Waals surface area contributed by atoms with Crippen LogP contribution in [0.15, 0.2) is 0 Å². The third-order valence-corrected chi connectivity index (χ3v) is 5.07. The first kappa shape index (κ1) is 13.1. The van der Waals surface area contributed by atoms with Crippen LogP contribution in [-0.2, 0) is 25.7 Å². The molecule has 2 aliphatic carbocycles. The predicted molar refractivity (Wildman–Crippen MR) is 78.2 cm³/mol. The number of hydrogen-bond acceptors (Lipinski definition) is 2. The molecule has 2 unspecified atom stereocenters. The second kappa shape index (κ2) is 5.22. The van der Waals surface area contributed by atoms with Crippen molar-refractivity contribution in [1.29, 1.82) is 0 Å². The predicted octanol–water partition coefficient (Wildman–Crippen LogP) is 3.75. The molecular formula is C17H26N2. The van der Waals surface area contributed by atoms with E-state index in [0.717, 1.165) is 43.4 Å². The van der Waals surface area contributed by atoms with Crippen LogP contribution >= 0.6 is 0 Å². The third-order valence-electron chi connectivity index (χ3n) is 5.07. The molecule has 0 bridgehead atoms. The van der Waals surface area contributed by atoms with Gasteiger partial charge >= 0.3 is 0 Å². The molecule has 2 atom stereocenters. The summed E-state index contributed by atoms with van der Waals surface area (Å²) in [5.41, 5.74) is 5.24. The maximum absolute atomic E-state index is 5.00. The SMILES string of the molecule is CC1CCc2nc3c(nc2C1)CCC(C(C)C)CC3. The molecule has 2 aliphatic rings. The Labute approximate surface area is 117 Å². The van der Waals surface area contributed by atoms with Gasteiger partial charge in [0.15, 0.2) is 0 Å². The van der Waals surface area contributed by atoms with Gasteiger partial charge in [-0.05, 0) is 62.7 Å². The fourth-order valence-corrected chi connectivity index (χ4v) is 3.62. The Morgan fingerprint density at radius 3 is 2.00 bits per heavy atom. The average Bonchev–Trinajstić information content (AvgIpc) is 2.58. The Balaban J connectivity index is 1.87. The number of fused-ring (bicyclic) bond motifs is 2. The summed E-state index contributed by atoms with van der Waals surface area (Å²) >= 11 is 0. The van der Waals surface area contributed by atoms with Crippen LogP contribution in [0.5, 0.6) is 0 Å². The minimum atomic E-state index is 0.786. The van der Waals surface area contributed by atoms with Crippen molar-refractivity contribution in [2.45, 2.75) is 65.7 Å². The van der Waals surface area contributed by atoms with Gasteiger partial charge in [0.1, 0.15) is 0 Å². The van der Waals surface area contributed by atoms with Gasteiger partial charge in [-0.15, -0.1) is 0 Å². The van der Waals surface area contributed by atoms with Crippen LogP contribution in [0, 0.1) is 17.8 Å². The van der Waals surface area contributed by atoms with Crippen LogP contribution in [0.3, 0.4) is 0 Å². The molecule has 104 valence electrons. The Hall–Kier alpha value is -0.920. The maximum atomic E-state index is 5.00. The third kappa shape index (κ3) is 2.68. The smallest absolute Gasteiger partial charge is 0.0624 e. The summed E-state index contributed by atoms with van der Waals surface area (Å²) in [6.07, 6.45) is 8.46. The van der Waals surface area contributed by atoms with Crippen molar-refractivity contribution in [3.05, 3.63) is 22.8 Å². The quantitative estimate of drug-likeness (QED) is 0.717. The highest BCUT2D eigenvalue weighted by Gasteiger charge is 2.24. The van der Waals surface area contributed by atoms with Crippen LogP contribution < -0.4 is 0 Å². The van der Waals surface area contributed by atoms with Crippen LogP contribution in [0.25, 0.3) is 0 Å². The normalized spacial score (nSPS) is 26.7. The van der Waals surface area contributed by atoms with E-state index < -0.39 is 0 Å². The summed E-state index contributed by atoms with van der Waals surface area (Å²) in [7, 11) is 0. The Bertz CT molecular complexity index is 465. The molecular weight excluding hydrogens is 232 g/mol. The molecule has 1 heterocycles. The van der Waals surface area contributed by atoms with Gasteiger partial charge in [0.25, 0.3) is 0 Å². The molecule has 0 radical (unpaired) electrons. The fourth-order valence-electron chi connectivity index (χ4n) is 3.62. The lowest BCUT2D eigenvalue weighted by Gasteiger charge is -2.21. The summed E-state index contributed by atoms with van der Waals surface area (Å²) in [5.74, 6) is 2.44. The van der Waals surface area contributed by atoms with Crippen molar-refractivity contribution in [2.75, 3.05) is 0 Å². The molecule has 0 fully saturated rings. The second-order valence-corrected chi connectivity index (χ2v) is 6.94. The minimum Gasteiger partial charge on any atom is -0.254 e. The van der Waals surface area contributed by atoms with Crippen molar-refractivity contribution in [2.24, 2.45) is 17.8 Å². The Morgan fingerprint density at radius 1 is 0.842 bits per heavy atom. The largest absolute Gasteiger partial charge is 0.254 e. The van der Waals surface area contributed by atoms with Crippen molar-refractivity contribution >= 4 is 0 Å².